The largest absolute Gasteiger partial charge is 0.465 e. The molecule has 6 atom stereocenters. The van der Waals surface area contributed by atoms with E-state index in [2.05, 4.69) is 57.3 Å². The van der Waals surface area contributed by atoms with E-state index in [1.54, 1.807) is 23.3 Å². The summed E-state index contributed by atoms with van der Waals surface area (Å²) in [6.45, 7) is 12.6. The molecule has 4 fully saturated rings. The van der Waals surface area contributed by atoms with Crippen molar-refractivity contribution >= 4 is 11.8 Å². The molecule has 2 aromatic rings. The van der Waals surface area contributed by atoms with Gasteiger partial charge in [0.05, 0.1) is 19.3 Å². The van der Waals surface area contributed by atoms with Crippen LogP contribution < -0.4 is 5.32 Å². The molecule has 44 heavy (non-hydrogen) atoms. The number of amides is 1. The minimum absolute atomic E-state index is 0.0498. The molecule has 1 heterocycles. The molecule has 0 bridgehead atoms. The molecule has 0 aromatic heterocycles. The number of carboxylic acid groups (broad SMARTS) is 1. The quantitative estimate of drug-likeness (QED) is 0.300. The molecular weight excluding hydrogens is 550 g/mol. The molecule has 1 spiro atoms. The molecular formula is C38H51NO5. The van der Waals surface area contributed by atoms with Crippen molar-refractivity contribution in [2.45, 2.75) is 104 Å². The maximum Gasteiger partial charge on any atom is 0.409 e. The molecule has 3 N–H and O–H groups in total. The van der Waals surface area contributed by atoms with Gasteiger partial charge < -0.3 is 19.7 Å². The first-order valence-electron chi connectivity index (χ1n) is 16.7. The molecule has 1 aliphatic heterocycles. The topological polar surface area (TPSA) is 88.0 Å². The predicted molar refractivity (Wildman–Crippen MR) is 174 cm³/mol. The number of rotatable bonds is 2. The fourth-order valence-corrected chi connectivity index (χ4v) is 9.06. The number of anilines is 1. The van der Waals surface area contributed by atoms with Crippen LogP contribution in [0, 0.1) is 42.4 Å². The van der Waals surface area contributed by atoms with Crippen LogP contribution in [0.5, 0.6) is 0 Å². The average Bonchev–Trinajstić information content (AvgIpc) is 3.29. The van der Waals surface area contributed by atoms with Gasteiger partial charge in [-0.05, 0) is 93.2 Å². The van der Waals surface area contributed by atoms with E-state index in [1.807, 2.05) is 19.1 Å². The number of aryl methyl sites for hydroxylation is 2. The van der Waals surface area contributed by atoms with Gasteiger partial charge >= 0.3 is 6.09 Å². The van der Waals surface area contributed by atoms with E-state index in [0.717, 1.165) is 50.9 Å². The summed E-state index contributed by atoms with van der Waals surface area (Å²) in [7, 11) is 0. The molecule has 6 nitrogen and oxygen atoms in total. The van der Waals surface area contributed by atoms with Crippen LogP contribution in [0.1, 0.15) is 94.7 Å². The van der Waals surface area contributed by atoms with E-state index >= 15 is 0 Å². The van der Waals surface area contributed by atoms with Gasteiger partial charge in [-0.25, -0.2) is 4.79 Å². The first kappa shape index (κ1) is 31.3. The van der Waals surface area contributed by atoms with Crippen LogP contribution in [0.2, 0.25) is 0 Å². The van der Waals surface area contributed by atoms with Gasteiger partial charge in [-0.2, -0.15) is 0 Å². The van der Waals surface area contributed by atoms with E-state index < -0.39 is 6.09 Å². The summed E-state index contributed by atoms with van der Waals surface area (Å²) in [5.74, 6) is 1.96. The Kier molecular flexibility index (Phi) is 8.49. The molecule has 6 unspecified atom stereocenters. The third-order valence-corrected chi connectivity index (χ3v) is 11.5. The summed E-state index contributed by atoms with van der Waals surface area (Å²) in [6, 6.07) is 16.4. The molecule has 238 valence electrons. The summed E-state index contributed by atoms with van der Waals surface area (Å²) < 4.78 is 12.9. The number of fused-ring (bicyclic) bond motifs is 4. The number of carbonyl (C=O) groups is 1. The van der Waals surface area contributed by atoms with Crippen LogP contribution in [-0.2, 0) is 9.47 Å². The summed E-state index contributed by atoms with van der Waals surface area (Å²) in [5, 5.41) is 21.6. The van der Waals surface area contributed by atoms with Crippen molar-refractivity contribution in [1.29, 1.82) is 0 Å². The van der Waals surface area contributed by atoms with Gasteiger partial charge in [-0.15, -0.1) is 0 Å². The van der Waals surface area contributed by atoms with E-state index in [1.165, 1.54) is 30.4 Å². The minimum Gasteiger partial charge on any atom is -0.465 e. The molecule has 2 aromatic carbocycles. The van der Waals surface area contributed by atoms with Crippen molar-refractivity contribution in [3.05, 3.63) is 76.4 Å². The second-order valence-corrected chi connectivity index (χ2v) is 15.4. The summed E-state index contributed by atoms with van der Waals surface area (Å²) in [6.07, 6.45) is 7.74. The zero-order valence-corrected chi connectivity index (χ0v) is 27.2. The Morgan fingerprint density at radius 3 is 2.14 bits per heavy atom. The van der Waals surface area contributed by atoms with Crippen molar-refractivity contribution in [2.24, 2.45) is 28.6 Å². The third kappa shape index (κ3) is 6.10. The van der Waals surface area contributed by atoms with Gasteiger partial charge in [0.25, 0.3) is 0 Å². The van der Waals surface area contributed by atoms with Gasteiger partial charge in [0, 0.05) is 29.9 Å². The molecule has 1 amide bonds. The summed E-state index contributed by atoms with van der Waals surface area (Å²) in [5.41, 5.74) is 8.16. The summed E-state index contributed by atoms with van der Waals surface area (Å²) in [4.78, 5) is 10.1. The second-order valence-electron chi connectivity index (χ2n) is 15.4. The number of allylic oxidation sites excluding steroid dienone is 2. The highest BCUT2D eigenvalue weighted by Gasteiger charge is 2.57. The van der Waals surface area contributed by atoms with Crippen molar-refractivity contribution < 1.29 is 24.5 Å². The Balaban J connectivity index is 0.000000265. The second kappa shape index (κ2) is 11.9. The van der Waals surface area contributed by atoms with Crippen molar-refractivity contribution in [3.8, 4) is 0 Å². The lowest BCUT2D eigenvalue weighted by atomic mass is 9.52. The fraction of sp³-hybridized carbons (Fsp3) is 0.605. The number of benzene rings is 2. The molecule has 0 radical (unpaired) electrons. The Morgan fingerprint density at radius 2 is 1.50 bits per heavy atom. The number of hydrogen-bond acceptors (Lipinski definition) is 4. The molecule has 3 saturated carbocycles. The smallest absolute Gasteiger partial charge is 0.409 e. The molecule has 5 aliphatic rings. The predicted octanol–water partition coefficient (Wildman–Crippen LogP) is 8.62. The van der Waals surface area contributed by atoms with Gasteiger partial charge in [0.2, 0.25) is 0 Å². The SMILES string of the molecule is Cc1ccc(C2CC3(C)C(O)CCC3C3CCC4CC5(CCC4=C23)OCC(C)(C)CO5)cc1.Cc1ccc(NC(=O)O)cc1. The van der Waals surface area contributed by atoms with Gasteiger partial charge in [0.1, 0.15) is 0 Å². The highest BCUT2D eigenvalue weighted by molar-refractivity contribution is 5.82. The molecule has 6 heteroatoms. The highest BCUT2D eigenvalue weighted by atomic mass is 16.7. The molecule has 1 saturated heterocycles. The number of nitrogens with one attached hydrogen (secondary N) is 1. The zero-order valence-electron chi connectivity index (χ0n) is 27.2. The maximum absolute atomic E-state index is 11.1. The van der Waals surface area contributed by atoms with Gasteiger partial charge in [-0.1, -0.05) is 79.4 Å². The van der Waals surface area contributed by atoms with E-state index in [0.29, 0.717) is 29.4 Å². The molecule has 7 rings (SSSR count). The lowest BCUT2D eigenvalue weighted by Gasteiger charge is -2.55. The van der Waals surface area contributed by atoms with Crippen LogP contribution in [0.4, 0.5) is 10.5 Å². The van der Waals surface area contributed by atoms with Crippen LogP contribution >= 0.6 is 0 Å². The van der Waals surface area contributed by atoms with E-state index in [9.17, 15) is 9.90 Å². The van der Waals surface area contributed by atoms with Crippen LogP contribution in [0.15, 0.2) is 59.7 Å². The number of aliphatic hydroxyl groups excluding tert-OH is 1. The van der Waals surface area contributed by atoms with E-state index in [4.69, 9.17) is 14.6 Å². The first-order valence-corrected chi connectivity index (χ1v) is 16.7. The van der Waals surface area contributed by atoms with Crippen LogP contribution in [0.25, 0.3) is 0 Å². The Hall–Kier alpha value is -2.67. The molecule has 4 aliphatic carbocycles. The maximum atomic E-state index is 11.1. The van der Waals surface area contributed by atoms with Crippen molar-refractivity contribution in [3.63, 3.8) is 0 Å². The van der Waals surface area contributed by atoms with Gasteiger partial charge in [0.15, 0.2) is 5.79 Å². The highest BCUT2D eigenvalue weighted by Crippen LogP contribution is 2.65. The minimum atomic E-state index is -1.03. The summed E-state index contributed by atoms with van der Waals surface area (Å²) >= 11 is 0. The van der Waals surface area contributed by atoms with Crippen molar-refractivity contribution in [2.75, 3.05) is 18.5 Å². The van der Waals surface area contributed by atoms with E-state index in [-0.39, 0.29) is 22.7 Å². The standard InChI is InChI=1S/C30H42O3.C8H9NO2/c1-19-5-7-20(8-6-19)24-16-29(4)25(11-12-26(29)31)23-10-9-21-15-30(14-13-22(21)27(23)24)32-17-28(2,3)18-33-30;1-6-2-4-7(5-3-6)9-8(10)11/h5-8,21,23-26,31H,9-18H2,1-4H3;2-5,9H,1H3,(H,10,11). The fourth-order valence-electron chi connectivity index (χ4n) is 9.06. The van der Waals surface area contributed by atoms with Gasteiger partial charge in [-0.3, -0.25) is 5.32 Å². The Labute approximate surface area is 263 Å². The van der Waals surface area contributed by atoms with Crippen LogP contribution in [0.3, 0.4) is 0 Å². The number of hydrogen-bond donors (Lipinski definition) is 3. The normalized spacial score (nSPS) is 33.4. The van der Waals surface area contributed by atoms with Crippen molar-refractivity contribution in [1.82, 2.24) is 0 Å². The lowest BCUT2D eigenvalue weighted by molar-refractivity contribution is -0.312. The van der Waals surface area contributed by atoms with Crippen LogP contribution in [-0.4, -0.2) is 41.4 Å². The average molecular weight is 602 g/mol. The first-order chi connectivity index (χ1) is 20.9. The monoisotopic (exact) mass is 601 g/mol. The third-order valence-electron chi connectivity index (χ3n) is 11.5. The Morgan fingerprint density at radius 1 is 0.864 bits per heavy atom. The lowest BCUT2D eigenvalue weighted by Crippen LogP contribution is -2.52. The Bertz CT molecular complexity index is 1370. The number of aliphatic hydroxyl groups is 1. The number of ether oxygens (including phenoxy) is 2. The zero-order chi connectivity index (χ0) is 31.3.